The molecule has 0 aliphatic heterocycles. The van der Waals surface area contributed by atoms with E-state index < -0.39 is 24.5 Å². The highest BCUT2D eigenvalue weighted by atomic mass is 16.5. The Bertz CT molecular complexity index is 1140. The normalized spacial score (nSPS) is 11.4. The summed E-state index contributed by atoms with van der Waals surface area (Å²) in [6.07, 6.45) is 0. The molecule has 0 saturated heterocycles. The minimum Gasteiger partial charge on any atom is -0.497 e. The first-order valence-electron chi connectivity index (χ1n) is 10.7. The summed E-state index contributed by atoms with van der Waals surface area (Å²) in [7, 11) is 3.11. The lowest BCUT2D eigenvalue weighted by molar-refractivity contribution is -0.124. The van der Waals surface area contributed by atoms with Gasteiger partial charge in [-0.3, -0.25) is 4.79 Å². The quantitative estimate of drug-likeness (QED) is 0.446. The number of nitrogens with one attached hydrogen (secondary N) is 1. The molecule has 0 spiro atoms. The summed E-state index contributed by atoms with van der Waals surface area (Å²) in [5.74, 6) is 1.33. The van der Waals surface area contributed by atoms with Gasteiger partial charge in [0.15, 0.2) is 6.61 Å². The lowest BCUT2D eigenvalue weighted by Crippen LogP contribution is -2.31. The number of hydrogen-bond acceptors (Lipinski definition) is 8. The molecule has 3 aromatic rings. The van der Waals surface area contributed by atoms with Crippen molar-refractivity contribution in [3.05, 3.63) is 70.6 Å². The Morgan fingerprint density at radius 1 is 1.06 bits per heavy atom. The molecular weight excluding hydrogens is 440 g/mol. The van der Waals surface area contributed by atoms with Gasteiger partial charge in [-0.15, -0.1) is 0 Å². The van der Waals surface area contributed by atoms with E-state index in [9.17, 15) is 9.59 Å². The number of esters is 1. The van der Waals surface area contributed by atoms with Gasteiger partial charge < -0.3 is 28.8 Å². The summed E-state index contributed by atoms with van der Waals surface area (Å²) >= 11 is 0. The van der Waals surface area contributed by atoms with Crippen LogP contribution in [-0.2, 0) is 16.1 Å². The van der Waals surface area contributed by atoms with Gasteiger partial charge in [-0.05, 0) is 57.2 Å². The Kier molecular flexibility index (Phi) is 8.13. The number of hydrogen-bond donors (Lipinski definition) is 1. The summed E-state index contributed by atoms with van der Waals surface area (Å²) in [5, 5.41) is 6.69. The topological polar surface area (TPSA) is 109 Å². The number of benzene rings is 2. The van der Waals surface area contributed by atoms with Gasteiger partial charge in [-0.2, -0.15) is 0 Å². The maximum Gasteiger partial charge on any atom is 0.338 e. The van der Waals surface area contributed by atoms with Gasteiger partial charge in [0.25, 0.3) is 5.91 Å². The Morgan fingerprint density at radius 2 is 1.85 bits per heavy atom. The summed E-state index contributed by atoms with van der Waals surface area (Å²) in [4.78, 5) is 24.8. The first-order chi connectivity index (χ1) is 16.3. The second-order valence-electron chi connectivity index (χ2n) is 7.59. The molecule has 0 aliphatic carbocycles. The van der Waals surface area contributed by atoms with Crippen molar-refractivity contribution in [3.63, 3.8) is 0 Å². The van der Waals surface area contributed by atoms with Crippen LogP contribution >= 0.6 is 0 Å². The molecular formula is C25H28N2O7. The van der Waals surface area contributed by atoms with E-state index in [0.29, 0.717) is 23.0 Å². The number of methoxy groups -OCH3 is 2. The highest BCUT2D eigenvalue weighted by molar-refractivity contribution is 5.91. The molecule has 3 rings (SSSR count). The molecule has 1 atom stereocenters. The van der Waals surface area contributed by atoms with Crippen molar-refractivity contribution >= 4 is 11.9 Å². The van der Waals surface area contributed by atoms with E-state index in [-0.39, 0.29) is 12.2 Å². The molecule has 0 fully saturated rings. The molecule has 1 aromatic heterocycles. The van der Waals surface area contributed by atoms with E-state index in [1.807, 2.05) is 13.8 Å². The Hall–Kier alpha value is -4.01. The van der Waals surface area contributed by atoms with Crippen molar-refractivity contribution in [2.75, 3.05) is 20.8 Å². The SMILES string of the molecule is COc1ccc(OC)c(C(C)NC(=O)COC(=O)c2cccc(OCc3c(C)noc3C)c2)c1. The van der Waals surface area contributed by atoms with Gasteiger partial charge >= 0.3 is 5.97 Å². The first kappa shape index (κ1) is 24.6. The Balaban J connectivity index is 1.55. The van der Waals surface area contributed by atoms with E-state index in [2.05, 4.69) is 10.5 Å². The number of ether oxygens (including phenoxy) is 4. The molecule has 9 nitrogen and oxygen atoms in total. The molecule has 1 heterocycles. The molecule has 1 unspecified atom stereocenters. The van der Waals surface area contributed by atoms with Crippen molar-refractivity contribution in [2.45, 2.75) is 33.4 Å². The predicted octanol–water partition coefficient (Wildman–Crippen LogP) is 3.92. The van der Waals surface area contributed by atoms with Crippen LogP contribution in [0.3, 0.4) is 0 Å². The van der Waals surface area contributed by atoms with Crippen molar-refractivity contribution in [3.8, 4) is 17.2 Å². The van der Waals surface area contributed by atoms with E-state index in [0.717, 1.165) is 16.8 Å². The number of aryl methyl sites for hydroxylation is 2. The molecule has 1 N–H and O–H groups in total. The van der Waals surface area contributed by atoms with Crippen LogP contribution in [0.5, 0.6) is 17.2 Å². The molecule has 2 aromatic carbocycles. The van der Waals surface area contributed by atoms with Crippen LogP contribution in [0.1, 0.15) is 45.9 Å². The molecule has 0 radical (unpaired) electrons. The average molecular weight is 469 g/mol. The second-order valence-corrected chi connectivity index (χ2v) is 7.59. The molecule has 180 valence electrons. The fourth-order valence-corrected chi connectivity index (χ4v) is 3.33. The zero-order chi connectivity index (χ0) is 24.7. The number of rotatable bonds is 10. The lowest BCUT2D eigenvalue weighted by atomic mass is 10.1. The minimum absolute atomic E-state index is 0.258. The summed E-state index contributed by atoms with van der Waals surface area (Å²) < 4.78 is 26.7. The largest absolute Gasteiger partial charge is 0.497 e. The van der Waals surface area contributed by atoms with Gasteiger partial charge in [0.05, 0.1) is 37.1 Å². The maximum absolute atomic E-state index is 12.5. The zero-order valence-electron chi connectivity index (χ0n) is 19.8. The van der Waals surface area contributed by atoms with Crippen molar-refractivity contribution in [1.29, 1.82) is 0 Å². The van der Waals surface area contributed by atoms with E-state index >= 15 is 0 Å². The van der Waals surface area contributed by atoms with Crippen LogP contribution in [0, 0.1) is 13.8 Å². The molecule has 0 aliphatic rings. The third kappa shape index (κ3) is 6.06. The standard InChI is InChI=1S/C25H28N2O7/c1-15(21-12-19(30-4)9-10-23(21)31-5)26-24(28)14-33-25(29)18-7-6-8-20(11-18)32-13-22-16(2)27-34-17(22)3/h6-12,15H,13-14H2,1-5H3,(H,26,28). The van der Waals surface area contributed by atoms with Crippen molar-refractivity contribution in [2.24, 2.45) is 0 Å². The van der Waals surface area contributed by atoms with Crippen LogP contribution in [0.25, 0.3) is 0 Å². The summed E-state index contributed by atoms with van der Waals surface area (Å²) in [6.45, 7) is 5.27. The smallest absolute Gasteiger partial charge is 0.338 e. The summed E-state index contributed by atoms with van der Waals surface area (Å²) in [5.41, 5.74) is 2.61. The zero-order valence-corrected chi connectivity index (χ0v) is 19.8. The Morgan fingerprint density at radius 3 is 2.53 bits per heavy atom. The molecule has 34 heavy (non-hydrogen) atoms. The molecule has 1 amide bonds. The molecule has 9 heteroatoms. The van der Waals surface area contributed by atoms with Crippen molar-refractivity contribution in [1.82, 2.24) is 10.5 Å². The Labute approximate surface area is 197 Å². The van der Waals surface area contributed by atoms with Gasteiger partial charge in [0.2, 0.25) is 0 Å². The second kappa shape index (κ2) is 11.2. The lowest BCUT2D eigenvalue weighted by Gasteiger charge is -2.18. The van der Waals surface area contributed by atoms with E-state index in [1.54, 1.807) is 63.6 Å². The first-order valence-corrected chi connectivity index (χ1v) is 10.7. The van der Waals surface area contributed by atoms with Crippen LogP contribution in [-0.4, -0.2) is 37.9 Å². The number of carbonyl (C=O) groups excluding carboxylic acids is 2. The van der Waals surface area contributed by atoms with Gasteiger partial charge in [-0.1, -0.05) is 11.2 Å². The van der Waals surface area contributed by atoms with Crippen LogP contribution in [0.2, 0.25) is 0 Å². The number of nitrogens with zero attached hydrogens (tertiary/aromatic N) is 1. The minimum atomic E-state index is -0.635. The number of carbonyl (C=O) groups is 2. The van der Waals surface area contributed by atoms with Gasteiger partial charge in [0.1, 0.15) is 29.6 Å². The number of aromatic nitrogens is 1. The average Bonchev–Trinajstić information content (AvgIpc) is 3.17. The highest BCUT2D eigenvalue weighted by Gasteiger charge is 2.17. The van der Waals surface area contributed by atoms with Crippen LogP contribution in [0.4, 0.5) is 0 Å². The van der Waals surface area contributed by atoms with E-state index in [4.69, 9.17) is 23.5 Å². The third-order valence-electron chi connectivity index (χ3n) is 5.25. The highest BCUT2D eigenvalue weighted by Crippen LogP contribution is 2.29. The third-order valence-corrected chi connectivity index (χ3v) is 5.25. The summed E-state index contributed by atoms with van der Waals surface area (Å²) in [6, 6.07) is 11.5. The van der Waals surface area contributed by atoms with Gasteiger partial charge in [-0.25, -0.2) is 4.79 Å². The fourth-order valence-electron chi connectivity index (χ4n) is 3.33. The molecule has 0 saturated carbocycles. The van der Waals surface area contributed by atoms with Crippen LogP contribution in [0.15, 0.2) is 47.0 Å². The monoisotopic (exact) mass is 468 g/mol. The fraction of sp³-hybridized carbons (Fsp3) is 0.320. The van der Waals surface area contributed by atoms with Crippen LogP contribution < -0.4 is 19.5 Å². The van der Waals surface area contributed by atoms with Gasteiger partial charge in [0, 0.05) is 5.56 Å². The van der Waals surface area contributed by atoms with E-state index in [1.165, 1.54) is 0 Å². The van der Waals surface area contributed by atoms with Crippen molar-refractivity contribution < 1.29 is 33.1 Å². The number of amides is 1. The molecule has 0 bridgehead atoms. The maximum atomic E-state index is 12.5. The predicted molar refractivity (Wildman–Crippen MR) is 123 cm³/mol.